The summed E-state index contributed by atoms with van der Waals surface area (Å²) >= 11 is 0. The third-order valence-corrected chi connectivity index (χ3v) is 7.29. The molecular weight excluding hydrogens is 362 g/mol. The van der Waals surface area contributed by atoms with Crippen LogP contribution in [0, 0.1) is 30.6 Å². The lowest BCUT2D eigenvalue weighted by molar-refractivity contribution is -0.147. The molecule has 0 heterocycles. The first-order chi connectivity index (χ1) is 12.8. The molecule has 0 spiro atoms. The van der Waals surface area contributed by atoms with Crippen LogP contribution in [0.15, 0.2) is 53.4 Å². The molecule has 6 heteroatoms. The number of rotatable bonds is 5. The molecule has 5 nitrogen and oxygen atoms in total. The van der Waals surface area contributed by atoms with E-state index in [1.807, 2.05) is 32.0 Å². The van der Waals surface area contributed by atoms with Gasteiger partial charge in [0, 0.05) is 5.92 Å². The first-order valence-electron chi connectivity index (χ1n) is 8.74. The number of hydrogen-bond acceptors (Lipinski definition) is 5. The van der Waals surface area contributed by atoms with E-state index >= 15 is 0 Å². The van der Waals surface area contributed by atoms with Crippen molar-refractivity contribution in [1.29, 1.82) is 5.26 Å². The zero-order chi connectivity index (χ0) is 19.8. The summed E-state index contributed by atoms with van der Waals surface area (Å²) in [5.74, 6) is -1.53. The molecule has 1 aliphatic carbocycles. The number of hydrogen-bond donors (Lipinski definition) is 0. The lowest BCUT2D eigenvalue weighted by Crippen LogP contribution is -2.25. The molecule has 0 bridgehead atoms. The Balaban J connectivity index is 2.12. The van der Waals surface area contributed by atoms with Crippen LogP contribution in [0.2, 0.25) is 0 Å². The van der Waals surface area contributed by atoms with Crippen molar-refractivity contribution in [2.45, 2.75) is 36.8 Å². The summed E-state index contributed by atoms with van der Waals surface area (Å²) in [6, 6.07) is 15.7. The average Bonchev–Trinajstić information content (AvgIpc) is 3.34. The largest absolute Gasteiger partial charge is 0.465 e. The van der Waals surface area contributed by atoms with Crippen LogP contribution >= 0.6 is 0 Å². The molecule has 0 aromatic heterocycles. The van der Waals surface area contributed by atoms with Crippen molar-refractivity contribution in [2.24, 2.45) is 5.41 Å². The van der Waals surface area contributed by atoms with Crippen LogP contribution in [0.4, 0.5) is 0 Å². The highest BCUT2D eigenvalue weighted by Gasteiger charge is 2.77. The van der Waals surface area contributed by atoms with Crippen LogP contribution < -0.4 is 0 Å². The van der Waals surface area contributed by atoms with Gasteiger partial charge in [0.25, 0.3) is 0 Å². The van der Waals surface area contributed by atoms with Crippen molar-refractivity contribution in [1.82, 2.24) is 0 Å². The summed E-state index contributed by atoms with van der Waals surface area (Å²) in [6.07, 6.45) is 0. The van der Waals surface area contributed by atoms with Crippen molar-refractivity contribution in [3.05, 3.63) is 65.2 Å². The van der Waals surface area contributed by atoms with Gasteiger partial charge >= 0.3 is 5.97 Å². The number of carbonyl (C=O) groups excluding carboxylic acids is 1. The Kier molecular flexibility index (Phi) is 4.83. The fourth-order valence-corrected chi connectivity index (χ4v) is 5.78. The van der Waals surface area contributed by atoms with Gasteiger partial charge < -0.3 is 4.74 Å². The molecule has 0 amide bonds. The van der Waals surface area contributed by atoms with Crippen LogP contribution in [-0.4, -0.2) is 26.2 Å². The zero-order valence-corrected chi connectivity index (χ0v) is 16.3. The third-order valence-electron chi connectivity index (χ3n) is 5.05. The van der Waals surface area contributed by atoms with Crippen LogP contribution in [0.3, 0.4) is 0 Å². The van der Waals surface area contributed by atoms with E-state index in [2.05, 4.69) is 0 Å². The summed E-state index contributed by atoms with van der Waals surface area (Å²) in [6.45, 7) is 5.50. The maximum atomic E-state index is 13.3. The molecule has 0 saturated heterocycles. The monoisotopic (exact) mass is 383 g/mol. The minimum Gasteiger partial charge on any atom is -0.465 e. The molecule has 0 radical (unpaired) electrons. The number of carbonyl (C=O) groups is 1. The van der Waals surface area contributed by atoms with Crippen molar-refractivity contribution in [3.8, 4) is 6.07 Å². The van der Waals surface area contributed by atoms with Crippen molar-refractivity contribution >= 4 is 15.8 Å². The standard InChI is InChI=1S/C21H21NO4S/c1-4-26-20(23)21(13-22)18(16-9-5-14(2)6-10-16)19(21)27(24,25)17-11-7-15(3)8-12-17/h5-12,18-19H,4H2,1-3H3/t18-,19-,21-/m1/s1. The second-order valence-corrected chi connectivity index (χ2v) is 8.94. The highest BCUT2D eigenvalue weighted by atomic mass is 32.2. The molecule has 1 saturated carbocycles. The van der Waals surface area contributed by atoms with Gasteiger partial charge in [-0.3, -0.25) is 4.79 Å². The van der Waals surface area contributed by atoms with E-state index in [1.165, 1.54) is 12.1 Å². The van der Waals surface area contributed by atoms with Crippen LogP contribution in [0.25, 0.3) is 0 Å². The van der Waals surface area contributed by atoms with E-state index in [1.54, 1.807) is 31.2 Å². The molecule has 0 N–H and O–H groups in total. The van der Waals surface area contributed by atoms with E-state index in [0.717, 1.165) is 11.1 Å². The number of sulfone groups is 1. The lowest BCUT2D eigenvalue weighted by atomic mass is 10.00. The van der Waals surface area contributed by atoms with Gasteiger partial charge in [0.1, 0.15) is 5.25 Å². The third kappa shape index (κ3) is 3.02. The summed E-state index contributed by atoms with van der Waals surface area (Å²) in [5.41, 5.74) is 0.860. The van der Waals surface area contributed by atoms with Crippen LogP contribution in [0.5, 0.6) is 0 Å². The molecule has 1 fully saturated rings. The maximum Gasteiger partial charge on any atom is 0.328 e. The summed E-state index contributed by atoms with van der Waals surface area (Å²) in [4.78, 5) is 12.8. The van der Waals surface area contributed by atoms with Gasteiger partial charge in [-0.05, 0) is 38.5 Å². The van der Waals surface area contributed by atoms with Crippen molar-refractivity contribution in [3.63, 3.8) is 0 Å². The Morgan fingerprint density at radius 3 is 2.07 bits per heavy atom. The van der Waals surface area contributed by atoms with Gasteiger partial charge in [0.15, 0.2) is 15.3 Å². The van der Waals surface area contributed by atoms with E-state index in [0.29, 0.717) is 5.56 Å². The fourth-order valence-electron chi connectivity index (χ4n) is 3.54. The molecule has 27 heavy (non-hydrogen) atoms. The lowest BCUT2D eigenvalue weighted by Gasteiger charge is -2.09. The maximum absolute atomic E-state index is 13.3. The highest BCUT2D eigenvalue weighted by molar-refractivity contribution is 7.92. The number of benzene rings is 2. The number of esters is 1. The van der Waals surface area contributed by atoms with E-state index < -0.39 is 32.4 Å². The highest BCUT2D eigenvalue weighted by Crippen LogP contribution is 2.64. The molecule has 1 aliphatic rings. The minimum absolute atomic E-state index is 0.0835. The number of aryl methyl sites for hydroxylation is 2. The summed E-state index contributed by atoms with van der Waals surface area (Å²) in [5, 5.41) is 8.68. The first-order valence-corrected chi connectivity index (χ1v) is 10.3. The van der Waals surface area contributed by atoms with Crippen LogP contribution in [0.1, 0.15) is 29.5 Å². The summed E-state index contributed by atoms with van der Waals surface area (Å²) in [7, 11) is -3.90. The average molecular weight is 383 g/mol. The molecule has 2 aromatic carbocycles. The normalized spacial score (nSPS) is 24.1. The Hall–Kier alpha value is -2.65. The number of nitriles is 1. The van der Waals surface area contributed by atoms with Gasteiger partial charge in [-0.15, -0.1) is 0 Å². The van der Waals surface area contributed by atoms with Crippen molar-refractivity contribution < 1.29 is 17.9 Å². The molecule has 0 unspecified atom stereocenters. The zero-order valence-electron chi connectivity index (χ0n) is 15.5. The predicted molar refractivity (Wildman–Crippen MR) is 101 cm³/mol. The SMILES string of the molecule is CCOC(=O)[C@]1(C#N)[C@H](c2ccc(C)cc2)[C@H]1S(=O)(=O)c1ccc(C)cc1. The van der Waals surface area contributed by atoms with Gasteiger partial charge in [0.2, 0.25) is 0 Å². The molecule has 140 valence electrons. The van der Waals surface area contributed by atoms with Gasteiger partial charge in [-0.25, -0.2) is 8.42 Å². The molecular formula is C21H21NO4S. The Labute approximate surface area is 159 Å². The van der Waals surface area contributed by atoms with E-state index in [4.69, 9.17) is 4.74 Å². The quantitative estimate of drug-likeness (QED) is 0.740. The Morgan fingerprint density at radius 1 is 1.07 bits per heavy atom. The summed E-state index contributed by atoms with van der Waals surface area (Å²) < 4.78 is 31.7. The topological polar surface area (TPSA) is 84.2 Å². The van der Waals surface area contributed by atoms with E-state index in [9.17, 15) is 18.5 Å². The molecule has 2 aromatic rings. The van der Waals surface area contributed by atoms with Gasteiger partial charge in [-0.1, -0.05) is 47.5 Å². The predicted octanol–water partition coefficient (Wildman–Crippen LogP) is 3.32. The Morgan fingerprint density at radius 2 is 1.59 bits per heavy atom. The number of ether oxygens (including phenoxy) is 1. The Bertz CT molecular complexity index is 1000. The first kappa shape index (κ1) is 19.1. The second kappa shape index (κ2) is 6.82. The van der Waals surface area contributed by atoms with Crippen LogP contribution in [-0.2, 0) is 19.4 Å². The smallest absolute Gasteiger partial charge is 0.328 e. The molecule has 0 aliphatic heterocycles. The van der Waals surface area contributed by atoms with Crippen molar-refractivity contribution in [2.75, 3.05) is 6.61 Å². The minimum atomic E-state index is -3.90. The molecule has 3 rings (SSSR count). The fraction of sp³-hybridized carbons (Fsp3) is 0.333. The molecule has 3 atom stereocenters. The van der Waals surface area contributed by atoms with Gasteiger partial charge in [0.05, 0.1) is 17.6 Å². The van der Waals surface area contributed by atoms with E-state index in [-0.39, 0.29) is 11.5 Å². The van der Waals surface area contributed by atoms with Gasteiger partial charge in [-0.2, -0.15) is 5.26 Å². The second-order valence-electron chi connectivity index (χ2n) is 6.87. The number of nitrogens with zero attached hydrogens (tertiary/aromatic N) is 1.